The van der Waals surface area contributed by atoms with Crippen LogP contribution in [0.25, 0.3) is 10.9 Å². The van der Waals surface area contributed by atoms with Crippen LogP contribution in [0.2, 0.25) is 0 Å². The molecule has 0 radical (unpaired) electrons. The molecule has 0 bridgehead atoms. The molecule has 0 fully saturated rings. The third kappa shape index (κ3) is 2.62. The first kappa shape index (κ1) is 13.0. The summed E-state index contributed by atoms with van der Waals surface area (Å²) in [5.41, 5.74) is 4.15. The van der Waals surface area contributed by atoms with E-state index < -0.39 is 0 Å². The molecule has 20 heavy (non-hydrogen) atoms. The average molecular weight is 263 g/mol. The van der Waals surface area contributed by atoms with Crippen molar-refractivity contribution in [2.24, 2.45) is 5.92 Å². The minimum atomic E-state index is 0.693. The molecule has 0 aliphatic carbocycles. The van der Waals surface area contributed by atoms with Crippen LogP contribution in [0.3, 0.4) is 0 Å². The summed E-state index contributed by atoms with van der Waals surface area (Å²) in [5.74, 6) is 0.693. The van der Waals surface area contributed by atoms with Gasteiger partial charge in [0.05, 0.1) is 0 Å². The van der Waals surface area contributed by atoms with Gasteiger partial charge in [-0.05, 0) is 35.6 Å². The average Bonchev–Trinajstić information content (AvgIpc) is 2.84. The van der Waals surface area contributed by atoms with Crippen molar-refractivity contribution in [3.05, 3.63) is 71.9 Å². The van der Waals surface area contributed by atoms with Gasteiger partial charge in [-0.3, -0.25) is 0 Å². The summed E-state index contributed by atoms with van der Waals surface area (Å²) in [6.45, 7) is 5.50. The van der Waals surface area contributed by atoms with Crippen LogP contribution in [0.4, 0.5) is 0 Å². The minimum absolute atomic E-state index is 0.693. The van der Waals surface area contributed by atoms with E-state index in [0.29, 0.717) is 5.92 Å². The van der Waals surface area contributed by atoms with Crippen molar-refractivity contribution < 1.29 is 0 Å². The van der Waals surface area contributed by atoms with Crippen LogP contribution in [0.5, 0.6) is 0 Å². The summed E-state index contributed by atoms with van der Waals surface area (Å²) in [6.07, 6.45) is 3.36. The molecule has 0 unspecified atom stereocenters. The maximum absolute atomic E-state index is 2.34. The fraction of sp³-hybridized carbons (Fsp3) is 0.263. The summed E-state index contributed by atoms with van der Waals surface area (Å²) >= 11 is 0. The lowest BCUT2D eigenvalue weighted by atomic mass is 10.00. The molecule has 0 N–H and O–H groups in total. The molecule has 0 aliphatic heterocycles. The van der Waals surface area contributed by atoms with E-state index in [0.717, 1.165) is 13.0 Å². The van der Waals surface area contributed by atoms with Crippen molar-refractivity contribution in [1.29, 1.82) is 0 Å². The number of rotatable bonds is 4. The highest BCUT2D eigenvalue weighted by Gasteiger charge is 2.07. The Morgan fingerprint density at radius 3 is 2.45 bits per heavy atom. The monoisotopic (exact) mass is 263 g/mol. The number of fused-ring (bicyclic) bond motifs is 1. The molecule has 1 aromatic heterocycles. The largest absolute Gasteiger partial charge is 0.343 e. The Bertz CT molecular complexity index is 692. The fourth-order valence-corrected chi connectivity index (χ4v) is 2.82. The summed E-state index contributed by atoms with van der Waals surface area (Å²) in [5, 5.41) is 1.40. The van der Waals surface area contributed by atoms with E-state index in [4.69, 9.17) is 0 Å². The zero-order chi connectivity index (χ0) is 13.9. The number of hydrogen-bond acceptors (Lipinski definition) is 0. The molecule has 3 aromatic rings. The predicted octanol–water partition coefficient (Wildman–Crippen LogP) is 4.89. The third-order valence-corrected chi connectivity index (χ3v) is 3.73. The standard InChI is InChI=1S/C19H21N/c1-15(2)13-17-9-6-10-19-18(17)11-12-20(19)14-16-7-4-3-5-8-16/h3-12,15H,13-14H2,1-2H3. The Hall–Kier alpha value is -2.02. The molecule has 2 aromatic carbocycles. The lowest BCUT2D eigenvalue weighted by Crippen LogP contribution is -1.98. The summed E-state index contributed by atoms with van der Waals surface area (Å²) < 4.78 is 2.34. The Kier molecular flexibility index (Phi) is 3.60. The molecule has 0 saturated carbocycles. The smallest absolute Gasteiger partial charge is 0.0486 e. The van der Waals surface area contributed by atoms with Gasteiger partial charge in [-0.1, -0.05) is 56.3 Å². The molecular formula is C19H21N. The molecule has 0 amide bonds. The van der Waals surface area contributed by atoms with E-state index in [9.17, 15) is 0 Å². The maximum atomic E-state index is 2.34. The number of nitrogens with zero attached hydrogens (tertiary/aromatic N) is 1. The first-order valence-electron chi connectivity index (χ1n) is 7.34. The minimum Gasteiger partial charge on any atom is -0.343 e. The topological polar surface area (TPSA) is 4.93 Å². The van der Waals surface area contributed by atoms with Gasteiger partial charge in [0.2, 0.25) is 0 Å². The van der Waals surface area contributed by atoms with Gasteiger partial charge in [0.1, 0.15) is 0 Å². The van der Waals surface area contributed by atoms with E-state index >= 15 is 0 Å². The molecular weight excluding hydrogens is 242 g/mol. The molecule has 1 heterocycles. The van der Waals surface area contributed by atoms with Gasteiger partial charge in [-0.2, -0.15) is 0 Å². The third-order valence-electron chi connectivity index (χ3n) is 3.73. The van der Waals surface area contributed by atoms with Gasteiger partial charge in [0.15, 0.2) is 0 Å². The highest BCUT2D eigenvalue weighted by molar-refractivity contribution is 5.83. The molecule has 0 saturated heterocycles. The zero-order valence-corrected chi connectivity index (χ0v) is 12.2. The van der Waals surface area contributed by atoms with Crippen molar-refractivity contribution in [3.8, 4) is 0 Å². The van der Waals surface area contributed by atoms with E-state index in [1.165, 1.54) is 22.0 Å². The van der Waals surface area contributed by atoms with Gasteiger partial charge in [-0.25, -0.2) is 0 Å². The second-order valence-corrected chi connectivity index (χ2v) is 5.88. The van der Waals surface area contributed by atoms with E-state index in [-0.39, 0.29) is 0 Å². The summed E-state index contributed by atoms with van der Waals surface area (Å²) in [7, 11) is 0. The lowest BCUT2D eigenvalue weighted by molar-refractivity contribution is 0.650. The van der Waals surface area contributed by atoms with E-state index in [1.54, 1.807) is 0 Å². The first-order valence-corrected chi connectivity index (χ1v) is 7.34. The fourth-order valence-electron chi connectivity index (χ4n) is 2.82. The van der Waals surface area contributed by atoms with Crippen LogP contribution in [0, 0.1) is 5.92 Å². The Morgan fingerprint density at radius 2 is 1.70 bits per heavy atom. The van der Waals surface area contributed by atoms with Crippen LogP contribution < -0.4 is 0 Å². The van der Waals surface area contributed by atoms with E-state index in [1.807, 2.05) is 0 Å². The van der Waals surface area contributed by atoms with Gasteiger partial charge in [0, 0.05) is 23.6 Å². The lowest BCUT2D eigenvalue weighted by Gasteiger charge is -2.09. The SMILES string of the molecule is CC(C)Cc1cccc2c1ccn2Cc1ccccc1. The maximum Gasteiger partial charge on any atom is 0.0486 e. The second-order valence-electron chi connectivity index (χ2n) is 5.88. The van der Waals surface area contributed by atoms with Gasteiger partial charge >= 0.3 is 0 Å². The molecule has 0 atom stereocenters. The molecule has 1 heteroatoms. The summed E-state index contributed by atoms with van der Waals surface area (Å²) in [4.78, 5) is 0. The highest BCUT2D eigenvalue weighted by atomic mass is 14.9. The quantitative estimate of drug-likeness (QED) is 0.631. The van der Waals surface area contributed by atoms with Crippen molar-refractivity contribution in [3.63, 3.8) is 0 Å². The Labute approximate surface area is 120 Å². The predicted molar refractivity (Wildman–Crippen MR) is 86.0 cm³/mol. The van der Waals surface area contributed by atoms with Crippen LogP contribution in [0.15, 0.2) is 60.8 Å². The highest BCUT2D eigenvalue weighted by Crippen LogP contribution is 2.23. The molecule has 1 nitrogen and oxygen atoms in total. The van der Waals surface area contributed by atoms with Crippen molar-refractivity contribution in [2.45, 2.75) is 26.8 Å². The number of benzene rings is 2. The van der Waals surface area contributed by atoms with Crippen molar-refractivity contribution >= 4 is 10.9 Å². The number of aromatic nitrogens is 1. The molecule has 0 spiro atoms. The summed E-state index contributed by atoms with van der Waals surface area (Å²) in [6, 6.07) is 19.6. The zero-order valence-electron chi connectivity index (χ0n) is 12.2. The normalized spacial score (nSPS) is 11.3. The molecule has 0 aliphatic rings. The second kappa shape index (κ2) is 5.54. The van der Waals surface area contributed by atoms with Gasteiger partial charge in [0.25, 0.3) is 0 Å². The van der Waals surface area contributed by atoms with E-state index in [2.05, 4.69) is 79.2 Å². The van der Waals surface area contributed by atoms with Crippen LogP contribution >= 0.6 is 0 Å². The van der Waals surface area contributed by atoms with Gasteiger partial charge < -0.3 is 4.57 Å². The molecule has 102 valence electrons. The van der Waals surface area contributed by atoms with Crippen LogP contribution in [0.1, 0.15) is 25.0 Å². The first-order chi connectivity index (χ1) is 9.74. The van der Waals surface area contributed by atoms with Crippen molar-refractivity contribution in [1.82, 2.24) is 4.57 Å². The Morgan fingerprint density at radius 1 is 0.900 bits per heavy atom. The van der Waals surface area contributed by atoms with Crippen molar-refractivity contribution in [2.75, 3.05) is 0 Å². The van der Waals surface area contributed by atoms with Crippen LogP contribution in [-0.2, 0) is 13.0 Å². The Balaban J connectivity index is 1.97. The molecule has 3 rings (SSSR count). The van der Waals surface area contributed by atoms with Crippen LogP contribution in [-0.4, -0.2) is 4.57 Å². The van der Waals surface area contributed by atoms with Gasteiger partial charge in [-0.15, -0.1) is 0 Å². The number of hydrogen-bond donors (Lipinski definition) is 0.